The fraction of sp³-hybridized carbons (Fsp3) is 0.714. The van der Waals surface area contributed by atoms with Gasteiger partial charge in [0, 0.05) is 13.5 Å². The smallest absolute Gasteiger partial charge is 0.210 e. The Labute approximate surface area is 61.0 Å². The maximum atomic E-state index is 10.9. The summed E-state index contributed by atoms with van der Waals surface area (Å²) >= 11 is 0. The zero-order valence-corrected chi connectivity index (χ0v) is 6.63. The highest BCUT2D eigenvalue weighted by molar-refractivity contribution is 5.84. The second-order valence-electron chi connectivity index (χ2n) is 2.27. The number of hydrogen-bond donors (Lipinski definition) is 0. The Morgan fingerprint density at radius 2 is 2.20 bits per heavy atom. The number of ketones is 1. The third-order valence-corrected chi connectivity index (χ3v) is 1.59. The Balaban J connectivity index is 3.93. The van der Waals surface area contributed by atoms with Crippen LogP contribution in [-0.4, -0.2) is 30.2 Å². The fourth-order valence-electron chi connectivity index (χ4n) is 0.614. The summed E-state index contributed by atoms with van der Waals surface area (Å²) in [5.74, 6) is 0.0922. The van der Waals surface area contributed by atoms with E-state index in [1.165, 1.54) is 4.90 Å². The average molecular weight is 143 g/mol. The number of amides is 1. The maximum Gasteiger partial charge on any atom is 0.210 e. The van der Waals surface area contributed by atoms with Crippen LogP contribution in [0.25, 0.3) is 0 Å². The molecule has 0 spiro atoms. The van der Waals surface area contributed by atoms with Crippen molar-refractivity contribution in [2.24, 2.45) is 0 Å². The van der Waals surface area contributed by atoms with E-state index in [0.717, 1.165) is 0 Å². The second kappa shape index (κ2) is 4.04. The molecular weight excluding hydrogens is 130 g/mol. The summed E-state index contributed by atoms with van der Waals surface area (Å²) in [6, 6.07) is -0.275. The van der Waals surface area contributed by atoms with Gasteiger partial charge in [0.05, 0.1) is 6.04 Å². The van der Waals surface area contributed by atoms with Gasteiger partial charge in [-0.2, -0.15) is 0 Å². The minimum Gasteiger partial charge on any atom is -0.339 e. The summed E-state index contributed by atoms with van der Waals surface area (Å²) in [5.41, 5.74) is 0. The van der Waals surface area contributed by atoms with E-state index < -0.39 is 0 Å². The minimum atomic E-state index is -0.275. The standard InChI is InChI=1S/C7H13NO2/c1-4-7(10)6(2)8(3)5-9/h5-6H,4H2,1-3H3. The molecule has 0 aromatic rings. The zero-order valence-electron chi connectivity index (χ0n) is 6.63. The van der Waals surface area contributed by atoms with E-state index in [9.17, 15) is 9.59 Å². The Kier molecular flexibility index (Phi) is 3.69. The average Bonchev–Trinajstić information content (AvgIpc) is 2.00. The van der Waals surface area contributed by atoms with Gasteiger partial charge in [-0.05, 0) is 6.92 Å². The van der Waals surface area contributed by atoms with Crippen LogP contribution in [0.2, 0.25) is 0 Å². The van der Waals surface area contributed by atoms with Gasteiger partial charge in [-0.3, -0.25) is 9.59 Å². The molecule has 0 aliphatic carbocycles. The van der Waals surface area contributed by atoms with Crippen molar-refractivity contribution in [3.63, 3.8) is 0 Å². The summed E-state index contributed by atoms with van der Waals surface area (Å²) < 4.78 is 0. The monoisotopic (exact) mass is 143 g/mol. The van der Waals surface area contributed by atoms with E-state index in [2.05, 4.69) is 0 Å². The molecule has 1 atom stereocenters. The highest BCUT2D eigenvalue weighted by Gasteiger charge is 2.13. The Morgan fingerprint density at radius 1 is 1.70 bits per heavy atom. The number of hydrogen-bond acceptors (Lipinski definition) is 2. The van der Waals surface area contributed by atoms with Crippen molar-refractivity contribution in [3.05, 3.63) is 0 Å². The van der Waals surface area contributed by atoms with Gasteiger partial charge in [0.2, 0.25) is 6.41 Å². The molecule has 0 radical (unpaired) electrons. The van der Waals surface area contributed by atoms with Crippen molar-refractivity contribution >= 4 is 12.2 Å². The molecule has 1 unspecified atom stereocenters. The first-order chi connectivity index (χ1) is 4.63. The summed E-state index contributed by atoms with van der Waals surface area (Å²) in [7, 11) is 1.60. The molecule has 0 rings (SSSR count). The van der Waals surface area contributed by atoms with Crippen molar-refractivity contribution in [1.29, 1.82) is 0 Å². The van der Waals surface area contributed by atoms with Gasteiger partial charge >= 0.3 is 0 Å². The van der Waals surface area contributed by atoms with Gasteiger partial charge in [0.1, 0.15) is 0 Å². The fourth-order valence-corrected chi connectivity index (χ4v) is 0.614. The molecular formula is C7H13NO2. The molecule has 0 heterocycles. The lowest BCUT2D eigenvalue weighted by Gasteiger charge is -2.17. The first-order valence-corrected chi connectivity index (χ1v) is 3.33. The molecule has 3 nitrogen and oxygen atoms in total. The summed E-state index contributed by atoms with van der Waals surface area (Å²) in [6.07, 6.45) is 1.15. The SMILES string of the molecule is CCC(=O)C(C)N(C)C=O. The molecule has 3 heteroatoms. The molecule has 0 aliphatic heterocycles. The molecule has 1 amide bonds. The molecule has 10 heavy (non-hydrogen) atoms. The molecule has 0 aromatic carbocycles. The normalized spacial score (nSPS) is 12.3. The van der Waals surface area contributed by atoms with E-state index in [1.54, 1.807) is 20.9 Å². The van der Waals surface area contributed by atoms with Gasteiger partial charge in [0.25, 0.3) is 0 Å². The van der Waals surface area contributed by atoms with E-state index in [4.69, 9.17) is 0 Å². The number of carbonyl (C=O) groups is 2. The number of Topliss-reactive ketones (excluding diaryl/α,β-unsaturated/α-hetero) is 1. The molecule has 0 saturated carbocycles. The number of likely N-dealkylation sites (N-methyl/N-ethyl adjacent to an activating group) is 1. The Hall–Kier alpha value is -0.860. The molecule has 0 aliphatic rings. The quantitative estimate of drug-likeness (QED) is 0.535. The predicted molar refractivity (Wildman–Crippen MR) is 38.6 cm³/mol. The van der Waals surface area contributed by atoms with Crippen LogP contribution in [-0.2, 0) is 9.59 Å². The summed E-state index contributed by atoms with van der Waals surface area (Å²) in [4.78, 5) is 22.4. The van der Waals surface area contributed by atoms with Gasteiger partial charge in [-0.15, -0.1) is 0 Å². The number of nitrogens with zero attached hydrogens (tertiary/aromatic N) is 1. The number of rotatable bonds is 4. The van der Waals surface area contributed by atoms with Crippen molar-refractivity contribution < 1.29 is 9.59 Å². The molecule has 0 N–H and O–H groups in total. The topological polar surface area (TPSA) is 37.4 Å². The molecule has 0 fully saturated rings. The lowest BCUT2D eigenvalue weighted by molar-refractivity contribution is -0.129. The van der Waals surface area contributed by atoms with Crippen LogP contribution >= 0.6 is 0 Å². The lowest BCUT2D eigenvalue weighted by atomic mass is 10.1. The van der Waals surface area contributed by atoms with Crippen LogP contribution in [0.15, 0.2) is 0 Å². The van der Waals surface area contributed by atoms with E-state index >= 15 is 0 Å². The predicted octanol–water partition coefficient (Wildman–Crippen LogP) is 0.442. The van der Waals surface area contributed by atoms with Crippen LogP contribution in [0.5, 0.6) is 0 Å². The summed E-state index contributed by atoms with van der Waals surface area (Å²) in [6.45, 7) is 3.51. The highest BCUT2D eigenvalue weighted by atomic mass is 16.1. The van der Waals surface area contributed by atoms with Gasteiger partial charge < -0.3 is 4.90 Å². The van der Waals surface area contributed by atoms with Crippen LogP contribution < -0.4 is 0 Å². The van der Waals surface area contributed by atoms with E-state index in [-0.39, 0.29) is 11.8 Å². The Morgan fingerprint density at radius 3 is 2.50 bits per heavy atom. The van der Waals surface area contributed by atoms with Crippen LogP contribution in [0.1, 0.15) is 20.3 Å². The third-order valence-electron chi connectivity index (χ3n) is 1.59. The van der Waals surface area contributed by atoms with Gasteiger partial charge in [-0.1, -0.05) is 6.92 Å². The van der Waals surface area contributed by atoms with Crippen molar-refractivity contribution in [3.8, 4) is 0 Å². The summed E-state index contributed by atoms with van der Waals surface area (Å²) in [5, 5.41) is 0. The van der Waals surface area contributed by atoms with Crippen molar-refractivity contribution in [2.75, 3.05) is 7.05 Å². The van der Waals surface area contributed by atoms with Crippen LogP contribution in [0, 0.1) is 0 Å². The highest BCUT2D eigenvalue weighted by Crippen LogP contribution is 1.96. The zero-order chi connectivity index (χ0) is 8.15. The van der Waals surface area contributed by atoms with Crippen molar-refractivity contribution in [1.82, 2.24) is 4.90 Å². The van der Waals surface area contributed by atoms with Crippen LogP contribution in [0.4, 0.5) is 0 Å². The lowest BCUT2D eigenvalue weighted by Crippen LogP contribution is -2.34. The van der Waals surface area contributed by atoms with E-state index in [0.29, 0.717) is 12.8 Å². The first-order valence-electron chi connectivity index (χ1n) is 3.33. The van der Waals surface area contributed by atoms with Crippen LogP contribution in [0.3, 0.4) is 0 Å². The Bertz CT molecular complexity index is 134. The third kappa shape index (κ3) is 2.17. The maximum absolute atomic E-state index is 10.9. The molecule has 0 aromatic heterocycles. The second-order valence-corrected chi connectivity index (χ2v) is 2.27. The largest absolute Gasteiger partial charge is 0.339 e. The molecule has 58 valence electrons. The first kappa shape index (κ1) is 9.14. The number of carbonyl (C=O) groups excluding carboxylic acids is 2. The van der Waals surface area contributed by atoms with Gasteiger partial charge in [-0.25, -0.2) is 0 Å². The van der Waals surface area contributed by atoms with Crippen molar-refractivity contribution in [2.45, 2.75) is 26.3 Å². The molecule has 0 bridgehead atoms. The van der Waals surface area contributed by atoms with E-state index in [1.807, 2.05) is 0 Å². The molecule has 0 saturated heterocycles. The minimum absolute atomic E-state index is 0.0922. The van der Waals surface area contributed by atoms with Gasteiger partial charge in [0.15, 0.2) is 5.78 Å².